The summed E-state index contributed by atoms with van der Waals surface area (Å²) in [5, 5.41) is 13.8. The zero-order chi connectivity index (χ0) is 31.9. The number of carboxylic acids is 1. The first-order valence-electron chi connectivity index (χ1n) is 14.6. The van der Waals surface area contributed by atoms with Crippen molar-refractivity contribution in [2.24, 2.45) is 16.7 Å². The van der Waals surface area contributed by atoms with Gasteiger partial charge in [-0.05, 0) is 94.2 Å². The summed E-state index contributed by atoms with van der Waals surface area (Å²) in [5.74, 6) is -2.49. The Kier molecular flexibility index (Phi) is 9.62. The minimum Gasteiger partial charge on any atom is -0.481 e. The van der Waals surface area contributed by atoms with Gasteiger partial charge in [0, 0.05) is 6.54 Å². The summed E-state index contributed by atoms with van der Waals surface area (Å²) in [7, 11) is 0. The molecule has 12 heteroatoms. The number of benzene rings is 1. The quantitative estimate of drug-likeness (QED) is 0.292. The molecule has 2 aliphatic rings. The molecule has 2 aliphatic carbocycles. The molecular weight excluding hydrogens is 606 g/mol. The molecule has 0 spiro atoms. The summed E-state index contributed by atoms with van der Waals surface area (Å²) in [6.07, 6.45) is 0.0514. The molecule has 0 atom stereocenters. The van der Waals surface area contributed by atoms with E-state index in [0.717, 1.165) is 42.1 Å². The highest BCUT2D eigenvalue weighted by Crippen LogP contribution is 2.44. The molecule has 236 valence electrons. The van der Waals surface area contributed by atoms with Crippen molar-refractivity contribution in [1.29, 1.82) is 0 Å². The number of Topliss-reactive ketones (excluding diaryl/α,β-unsaturated/α-hetero) is 1. The minimum absolute atomic E-state index is 0.00478. The number of aryl methyl sites for hydroxylation is 1. The Morgan fingerprint density at radius 3 is 2.09 bits per heavy atom. The zero-order valence-electron chi connectivity index (χ0n) is 24.9. The molecule has 1 aromatic heterocycles. The number of carbonyl (C=O) groups excluding carboxylic acids is 2. The fourth-order valence-corrected chi connectivity index (χ4v) is 7.14. The molecule has 2 saturated carbocycles. The van der Waals surface area contributed by atoms with Crippen LogP contribution in [0.5, 0.6) is 0 Å². The Morgan fingerprint density at radius 2 is 1.58 bits per heavy atom. The number of carboxylic acid groups (broad SMARTS) is 1. The first-order chi connectivity index (χ1) is 19.9. The predicted octanol–water partition coefficient (Wildman–Crippen LogP) is 8.26. The molecule has 0 unspecified atom stereocenters. The number of ketones is 1. The summed E-state index contributed by atoms with van der Waals surface area (Å²) < 4.78 is 44.6. The van der Waals surface area contributed by atoms with Crippen molar-refractivity contribution in [3.8, 4) is 0 Å². The Hall–Kier alpha value is -2.59. The molecule has 1 amide bonds. The molecule has 0 aliphatic heterocycles. The number of nitrogens with zero attached hydrogens (tertiary/aromatic N) is 3. The monoisotopic (exact) mass is 643 g/mol. The van der Waals surface area contributed by atoms with Gasteiger partial charge in [-0.3, -0.25) is 19.1 Å². The molecule has 4 rings (SSSR count). The van der Waals surface area contributed by atoms with Crippen molar-refractivity contribution in [1.82, 2.24) is 14.7 Å². The summed E-state index contributed by atoms with van der Waals surface area (Å²) in [6, 6.07) is 2.43. The Balaban J connectivity index is 1.67. The van der Waals surface area contributed by atoms with E-state index in [9.17, 15) is 32.7 Å². The average molecular weight is 645 g/mol. The van der Waals surface area contributed by atoms with Crippen molar-refractivity contribution in [3.05, 3.63) is 50.8 Å². The number of aromatic nitrogens is 2. The van der Waals surface area contributed by atoms with Crippen molar-refractivity contribution in [3.63, 3.8) is 0 Å². The first kappa shape index (κ1) is 33.3. The summed E-state index contributed by atoms with van der Waals surface area (Å²) in [5.41, 5.74) is -1.96. The van der Waals surface area contributed by atoms with Crippen molar-refractivity contribution >= 4 is 40.9 Å². The van der Waals surface area contributed by atoms with E-state index in [0.29, 0.717) is 0 Å². The minimum atomic E-state index is -4.91. The highest BCUT2D eigenvalue weighted by Gasteiger charge is 2.45. The molecule has 0 radical (unpaired) electrons. The van der Waals surface area contributed by atoms with Crippen LogP contribution in [0.1, 0.15) is 110 Å². The van der Waals surface area contributed by atoms with Crippen LogP contribution in [0, 0.1) is 23.7 Å². The highest BCUT2D eigenvalue weighted by atomic mass is 35.5. The van der Waals surface area contributed by atoms with E-state index < -0.39 is 53.1 Å². The van der Waals surface area contributed by atoms with Gasteiger partial charge >= 0.3 is 12.1 Å². The molecule has 0 saturated heterocycles. The standard InChI is InChI=1S/C31H38Cl2F3N3O4/c1-18-13-22(32)25(23(33)14-18)24(40)17-38(16-19-5-9-29(2,3)10-6-19)27(41)21-15-37-39(26(21)31(34,35)36)20-7-11-30(4,12-8-20)28(42)43/h13-15,19-20H,5-12,16-17H2,1-4H3,(H,42,43)/t20-,30-. The maximum Gasteiger partial charge on any atom is 0.433 e. The number of alkyl halides is 3. The first-order valence-corrected chi connectivity index (χ1v) is 15.3. The third-order valence-electron chi connectivity index (χ3n) is 9.24. The fraction of sp³-hybridized carbons (Fsp3) is 0.613. The lowest BCUT2D eigenvalue weighted by Gasteiger charge is -2.36. The maximum absolute atomic E-state index is 14.6. The lowest BCUT2D eigenvalue weighted by Crippen LogP contribution is -2.41. The van der Waals surface area contributed by atoms with Gasteiger partial charge in [-0.1, -0.05) is 37.0 Å². The fourth-order valence-electron chi connectivity index (χ4n) is 6.34. The molecule has 1 heterocycles. The molecule has 2 aromatic rings. The van der Waals surface area contributed by atoms with Crippen LogP contribution in [-0.4, -0.2) is 50.5 Å². The number of rotatable bonds is 8. The predicted molar refractivity (Wildman–Crippen MR) is 158 cm³/mol. The largest absolute Gasteiger partial charge is 0.481 e. The molecule has 1 aromatic carbocycles. The lowest BCUT2D eigenvalue weighted by atomic mass is 9.73. The van der Waals surface area contributed by atoms with Crippen LogP contribution >= 0.6 is 23.2 Å². The van der Waals surface area contributed by atoms with Gasteiger partial charge in [0.25, 0.3) is 5.91 Å². The van der Waals surface area contributed by atoms with Crippen LogP contribution in [0.2, 0.25) is 10.0 Å². The van der Waals surface area contributed by atoms with Crippen LogP contribution in [0.3, 0.4) is 0 Å². The van der Waals surface area contributed by atoms with E-state index in [-0.39, 0.29) is 59.2 Å². The van der Waals surface area contributed by atoms with E-state index in [1.165, 1.54) is 4.90 Å². The van der Waals surface area contributed by atoms with Crippen LogP contribution in [-0.2, 0) is 11.0 Å². The van der Waals surface area contributed by atoms with E-state index in [1.54, 1.807) is 26.0 Å². The van der Waals surface area contributed by atoms with Crippen LogP contribution < -0.4 is 0 Å². The Bertz CT molecular complexity index is 1360. The number of hydrogen-bond donors (Lipinski definition) is 1. The third kappa shape index (κ3) is 7.39. The number of halogens is 5. The van der Waals surface area contributed by atoms with E-state index in [2.05, 4.69) is 18.9 Å². The van der Waals surface area contributed by atoms with E-state index in [1.807, 2.05) is 0 Å². The number of amides is 1. The molecule has 1 N–H and O–H groups in total. The summed E-state index contributed by atoms with van der Waals surface area (Å²) in [6.45, 7) is 7.27. The van der Waals surface area contributed by atoms with Gasteiger partial charge in [-0.25, -0.2) is 0 Å². The van der Waals surface area contributed by atoms with Crippen molar-refractivity contribution in [2.45, 2.75) is 91.3 Å². The van der Waals surface area contributed by atoms with Gasteiger partial charge in [-0.2, -0.15) is 18.3 Å². The number of hydrogen-bond acceptors (Lipinski definition) is 4. The van der Waals surface area contributed by atoms with Gasteiger partial charge in [0.1, 0.15) is 0 Å². The summed E-state index contributed by atoms with van der Waals surface area (Å²) in [4.78, 5) is 40.3. The molecule has 43 heavy (non-hydrogen) atoms. The second-order valence-corrected chi connectivity index (χ2v) is 14.1. The van der Waals surface area contributed by atoms with E-state index >= 15 is 0 Å². The summed E-state index contributed by atoms with van der Waals surface area (Å²) >= 11 is 12.7. The third-order valence-corrected chi connectivity index (χ3v) is 9.84. The van der Waals surface area contributed by atoms with Gasteiger partial charge in [-0.15, -0.1) is 0 Å². The van der Waals surface area contributed by atoms with Gasteiger partial charge in [0.2, 0.25) is 0 Å². The Morgan fingerprint density at radius 1 is 1.02 bits per heavy atom. The van der Waals surface area contributed by atoms with Crippen molar-refractivity contribution in [2.75, 3.05) is 13.1 Å². The smallest absolute Gasteiger partial charge is 0.433 e. The van der Waals surface area contributed by atoms with Gasteiger partial charge in [0.15, 0.2) is 11.5 Å². The normalized spacial score (nSPS) is 22.8. The van der Waals surface area contributed by atoms with Crippen molar-refractivity contribution < 1.29 is 32.7 Å². The second-order valence-electron chi connectivity index (χ2n) is 13.3. The molecular formula is C31H38Cl2F3N3O4. The number of aliphatic carboxylic acids is 1. The average Bonchev–Trinajstić information content (AvgIpc) is 3.35. The SMILES string of the molecule is Cc1cc(Cl)c(C(=O)CN(CC2CCC(C)(C)CC2)C(=O)c2cnn([C@H]3CC[C@](C)(C(=O)O)CC3)c2C(F)(F)F)c(Cl)c1. The maximum atomic E-state index is 14.6. The zero-order valence-corrected chi connectivity index (χ0v) is 26.4. The topological polar surface area (TPSA) is 92.5 Å². The second kappa shape index (κ2) is 12.4. The number of carbonyl (C=O) groups is 3. The molecule has 0 bridgehead atoms. The van der Waals surface area contributed by atoms with Crippen LogP contribution in [0.4, 0.5) is 13.2 Å². The Labute approximate surface area is 259 Å². The molecule has 7 nitrogen and oxygen atoms in total. The van der Waals surface area contributed by atoms with Crippen LogP contribution in [0.25, 0.3) is 0 Å². The molecule has 2 fully saturated rings. The van der Waals surface area contributed by atoms with E-state index in [4.69, 9.17) is 23.2 Å². The van der Waals surface area contributed by atoms with Gasteiger partial charge in [0.05, 0.1) is 45.4 Å². The van der Waals surface area contributed by atoms with Gasteiger partial charge < -0.3 is 10.0 Å². The van der Waals surface area contributed by atoms with Crippen LogP contribution in [0.15, 0.2) is 18.3 Å². The highest BCUT2D eigenvalue weighted by molar-refractivity contribution is 6.40. The lowest BCUT2D eigenvalue weighted by molar-refractivity contribution is -0.152.